The van der Waals surface area contributed by atoms with E-state index >= 15 is 0 Å². The zero-order valence-electron chi connectivity index (χ0n) is 13.0. The molecule has 0 saturated carbocycles. The van der Waals surface area contributed by atoms with Crippen molar-refractivity contribution in [2.75, 3.05) is 6.54 Å². The summed E-state index contributed by atoms with van der Waals surface area (Å²) >= 11 is 11.3. The Kier molecular flexibility index (Phi) is 5.33. The van der Waals surface area contributed by atoms with Gasteiger partial charge < -0.3 is 9.73 Å². The van der Waals surface area contributed by atoms with E-state index in [-0.39, 0.29) is 5.91 Å². The topological polar surface area (TPSA) is 47.2 Å². The fourth-order valence-electron chi connectivity index (χ4n) is 2.57. The van der Waals surface area contributed by atoms with Crippen LogP contribution in [-0.2, 0) is 17.8 Å². The second-order valence-corrected chi connectivity index (χ2v) is 6.19. The minimum Gasteiger partial charge on any atom is -0.429 e. The maximum atomic E-state index is 12.0. The van der Waals surface area contributed by atoms with Crippen molar-refractivity contribution >= 4 is 40.8 Å². The molecule has 0 unspecified atom stereocenters. The standard InChI is InChI=1S/C18H17ClN2O2S/c19-14-6-2-1-5-13(14)9-11-20-17(22)10-12-21-15-7-3-4-8-16(15)23-18(21)24/h1-8H,9-12H2,(H,20,22). The summed E-state index contributed by atoms with van der Waals surface area (Å²) in [7, 11) is 0. The first-order chi connectivity index (χ1) is 11.6. The number of aromatic nitrogens is 1. The Hall–Kier alpha value is -2.11. The van der Waals surface area contributed by atoms with Crippen LogP contribution >= 0.6 is 23.8 Å². The van der Waals surface area contributed by atoms with Crippen LogP contribution in [0.3, 0.4) is 0 Å². The van der Waals surface area contributed by atoms with Crippen molar-refractivity contribution in [3.8, 4) is 0 Å². The van der Waals surface area contributed by atoms with Gasteiger partial charge in [-0.25, -0.2) is 0 Å². The highest BCUT2D eigenvalue weighted by molar-refractivity contribution is 7.71. The van der Waals surface area contributed by atoms with Gasteiger partial charge in [-0.3, -0.25) is 9.36 Å². The fourth-order valence-corrected chi connectivity index (χ4v) is 3.07. The molecule has 0 fully saturated rings. The zero-order chi connectivity index (χ0) is 16.9. The molecule has 3 rings (SSSR count). The third-order valence-electron chi connectivity index (χ3n) is 3.81. The maximum Gasteiger partial charge on any atom is 0.269 e. The van der Waals surface area contributed by atoms with Crippen molar-refractivity contribution in [3.05, 3.63) is 64.0 Å². The van der Waals surface area contributed by atoms with E-state index in [0.717, 1.165) is 21.7 Å². The van der Waals surface area contributed by atoms with E-state index in [1.165, 1.54) is 0 Å². The molecular weight excluding hydrogens is 344 g/mol. The van der Waals surface area contributed by atoms with Gasteiger partial charge in [0.1, 0.15) is 0 Å². The Labute approximate surface area is 150 Å². The normalized spacial score (nSPS) is 10.9. The van der Waals surface area contributed by atoms with Gasteiger partial charge in [-0.15, -0.1) is 0 Å². The Bertz CT molecular complexity index is 917. The first-order valence-corrected chi connectivity index (χ1v) is 8.52. The lowest BCUT2D eigenvalue weighted by Crippen LogP contribution is -2.26. The summed E-state index contributed by atoms with van der Waals surface area (Å²) in [6.07, 6.45) is 1.06. The number of nitrogens with one attached hydrogen (secondary N) is 1. The molecule has 0 aliphatic heterocycles. The monoisotopic (exact) mass is 360 g/mol. The molecule has 1 amide bonds. The highest BCUT2D eigenvalue weighted by Gasteiger charge is 2.08. The van der Waals surface area contributed by atoms with Crippen molar-refractivity contribution in [1.29, 1.82) is 0 Å². The second-order valence-electron chi connectivity index (χ2n) is 5.43. The highest BCUT2D eigenvalue weighted by Crippen LogP contribution is 2.17. The Morgan fingerprint density at radius 3 is 2.75 bits per heavy atom. The SMILES string of the molecule is O=C(CCn1c(=S)oc2ccccc21)NCCc1ccccc1Cl. The molecule has 4 nitrogen and oxygen atoms in total. The number of hydrogen-bond donors (Lipinski definition) is 1. The molecule has 0 atom stereocenters. The molecule has 0 aliphatic rings. The summed E-state index contributed by atoms with van der Waals surface area (Å²) in [5.41, 5.74) is 2.68. The van der Waals surface area contributed by atoms with Gasteiger partial charge in [0.25, 0.3) is 4.84 Å². The Morgan fingerprint density at radius 2 is 1.92 bits per heavy atom. The molecule has 0 bridgehead atoms. The number of amides is 1. The number of carbonyl (C=O) groups excluding carboxylic acids is 1. The number of oxazole rings is 1. The molecule has 24 heavy (non-hydrogen) atoms. The Balaban J connectivity index is 1.53. The molecule has 124 valence electrons. The van der Waals surface area contributed by atoms with Gasteiger partial charge in [0.15, 0.2) is 5.58 Å². The van der Waals surface area contributed by atoms with Crippen molar-refractivity contribution in [1.82, 2.24) is 9.88 Å². The van der Waals surface area contributed by atoms with Crippen molar-refractivity contribution in [2.24, 2.45) is 0 Å². The molecule has 0 saturated heterocycles. The summed E-state index contributed by atoms with van der Waals surface area (Å²) in [4.78, 5) is 12.4. The van der Waals surface area contributed by atoms with Gasteiger partial charge in [-0.1, -0.05) is 41.9 Å². The lowest BCUT2D eigenvalue weighted by Gasteiger charge is -2.07. The lowest BCUT2D eigenvalue weighted by molar-refractivity contribution is -0.121. The number of benzene rings is 2. The van der Waals surface area contributed by atoms with Gasteiger partial charge in [0.05, 0.1) is 5.52 Å². The zero-order valence-corrected chi connectivity index (χ0v) is 14.6. The third-order valence-corrected chi connectivity index (χ3v) is 4.48. The van der Waals surface area contributed by atoms with Gasteiger partial charge in [0, 0.05) is 24.5 Å². The molecule has 1 heterocycles. The average Bonchev–Trinajstić information content (AvgIpc) is 2.90. The van der Waals surface area contributed by atoms with E-state index in [2.05, 4.69) is 5.32 Å². The molecular formula is C18H17ClN2O2S. The second kappa shape index (κ2) is 7.64. The lowest BCUT2D eigenvalue weighted by atomic mass is 10.1. The first kappa shape index (κ1) is 16.7. The van der Waals surface area contributed by atoms with Gasteiger partial charge in [-0.2, -0.15) is 0 Å². The van der Waals surface area contributed by atoms with Crippen molar-refractivity contribution in [2.45, 2.75) is 19.4 Å². The van der Waals surface area contributed by atoms with Crippen LogP contribution in [0.25, 0.3) is 11.1 Å². The van der Waals surface area contributed by atoms with E-state index in [9.17, 15) is 4.79 Å². The van der Waals surface area contributed by atoms with Crippen molar-refractivity contribution < 1.29 is 9.21 Å². The number of para-hydroxylation sites is 2. The van der Waals surface area contributed by atoms with E-state index in [1.54, 1.807) is 0 Å². The maximum absolute atomic E-state index is 12.0. The quantitative estimate of drug-likeness (QED) is 0.664. The van der Waals surface area contributed by atoms with E-state index in [4.69, 9.17) is 28.2 Å². The minimum atomic E-state index is -0.0192. The summed E-state index contributed by atoms with van der Waals surface area (Å²) < 4.78 is 7.36. The van der Waals surface area contributed by atoms with Crippen LogP contribution < -0.4 is 5.32 Å². The smallest absolute Gasteiger partial charge is 0.269 e. The summed E-state index contributed by atoms with van der Waals surface area (Å²) in [6.45, 7) is 1.05. The predicted molar refractivity (Wildman–Crippen MR) is 97.8 cm³/mol. The summed E-state index contributed by atoms with van der Waals surface area (Å²) in [6, 6.07) is 15.3. The van der Waals surface area contributed by atoms with Crippen LogP contribution in [0.2, 0.25) is 5.02 Å². The van der Waals surface area contributed by atoms with Crippen LogP contribution in [0.15, 0.2) is 52.9 Å². The minimum absolute atomic E-state index is 0.0192. The molecule has 0 spiro atoms. The Morgan fingerprint density at radius 1 is 1.17 bits per heavy atom. The molecule has 0 aliphatic carbocycles. The van der Waals surface area contributed by atoms with E-state index in [0.29, 0.717) is 30.8 Å². The summed E-state index contributed by atoms with van der Waals surface area (Å²) in [5.74, 6) is -0.0192. The number of carbonyl (C=O) groups is 1. The number of hydrogen-bond acceptors (Lipinski definition) is 3. The number of rotatable bonds is 6. The van der Waals surface area contributed by atoms with E-state index in [1.807, 2.05) is 53.1 Å². The fraction of sp³-hybridized carbons (Fsp3) is 0.222. The number of aryl methyl sites for hydroxylation is 1. The summed E-state index contributed by atoms with van der Waals surface area (Å²) in [5, 5.41) is 3.64. The van der Waals surface area contributed by atoms with Crippen LogP contribution in [0.1, 0.15) is 12.0 Å². The van der Waals surface area contributed by atoms with E-state index < -0.39 is 0 Å². The number of halogens is 1. The molecule has 6 heteroatoms. The molecule has 2 aromatic carbocycles. The van der Waals surface area contributed by atoms with Gasteiger partial charge in [0.2, 0.25) is 5.91 Å². The van der Waals surface area contributed by atoms with Crippen LogP contribution in [0.4, 0.5) is 0 Å². The van der Waals surface area contributed by atoms with Crippen LogP contribution in [-0.4, -0.2) is 17.0 Å². The van der Waals surface area contributed by atoms with Crippen molar-refractivity contribution in [3.63, 3.8) is 0 Å². The number of nitrogens with zero attached hydrogens (tertiary/aromatic N) is 1. The van der Waals surface area contributed by atoms with Crippen LogP contribution in [0, 0.1) is 4.84 Å². The largest absolute Gasteiger partial charge is 0.429 e. The average molecular weight is 361 g/mol. The molecule has 1 aromatic heterocycles. The highest BCUT2D eigenvalue weighted by atomic mass is 35.5. The van der Waals surface area contributed by atoms with Crippen LogP contribution in [0.5, 0.6) is 0 Å². The molecule has 3 aromatic rings. The molecule has 1 N–H and O–H groups in total. The number of fused-ring (bicyclic) bond motifs is 1. The van der Waals surface area contributed by atoms with Gasteiger partial charge >= 0.3 is 0 Å². The first-order valence-electron chi connectivity index (χ1n) is 7.73. The predicted octanol–water partition coefficient (Wildman–Crippen LogP) is 4.37. The van der Waals surface area contributed by atoms with Gasteiger partial charge in [-0.05, 0) is 42.4 Å². The molecule has 0 radical (unpaired) electrons. The third kappa shape index (κ3) is 3.86.